The van der Waals surface area contributed by atoms with Crippen molar-refractivity contribution in [2.24, 2.45) is 5.10 Å². The standard InChI is InChI=1S/C14H18N4O5S/c1-17-13(19)9-8-12(16-17)14(20)15-10-4-6-11(7-5-10)24(21,22)18(2)23-3/h4-7H,8-9H2,1-3H3,(H,15,20). The van der Waals surface area contributed by atoms with Gasteiger partial charge in [0.25, 0.3) is 15.9 Å². The van der Waals surface area contributed by atoms with Gasteiger partial charge < -0.3 is 5.32 Å². The predicted molar refractivity (Wildman–Crippen MR) is 86.5 cm³/mol. The van der Waals surface area contributed by atoms with Crippen molar-refractivity contribution < 1.29 is 22.8 Å². The fourth-order valence-corrected chi connectivity index (χ4v) is 2.97. The van der Waals surface area contributed by atoms with E-state index in [1.807, 2.05) is 0 Å². The number of sulfonamides is 1. The molecule has 0 aliphatic carbocycles. The smallest absolute Gasteiger partial charge is 0.271 e. The predicted octanol–water partition coefficient (Wildman–Crippen LogP) is 0.415. The Balaban J connectivity index is 2.11. The molecule has 0 spiro atoms. The van der Waals surface area contributed by atoms with Gasteiger partial charge in [0.2, 0.25) is 5.91 Å². The summed E-state index contributed by atoms with van der Waals surface area (Å²) in [5.41, 5.74) is 0.661. The first-order valence-corrected chi connectivity index (χ1v) is 8.48. The van der Waals surface area contributed by atoms with E-state index in [9.17, 15) is 18.0 Å². The van der Waals surface area contributed by atoms with Crippen LogP contribution in [0, 0.1) is 0 Å². The van der Waals surface area contributed by atoms with Crippen LogP contribution in [-0.2, 0) is 24.4 Å². The minimum atomic E-state index is -3.74. The Morgan fingerprint density at radius 2 is 1.92 bits per heavy atom. The Kier molecular flexibility index (Phi) is 5.32. The molecule has 1 aromatic carbocycles. The summed E-state index contributed by atoms with van der Waals surface area (Å²) in [4.78, 5) is 28.2. The monoisotopic (exact) mass is 354 g/mol. The number of anilines is 1. The number of nitrogens with zero attached hydrogens (tertiary/aromatic N) is 3. The third-order valence-electron chi connectivity index (χ3n) is 3.48. The quantitative estimate of drug-likeness (QED) is 0.771. The molecule has 1 aliphatic rings. The van der Waals surface area contributed by atoms with Crippen LogP contribution in [-0.4, -0.2) is 56.6 Å². The van der Waals surface area contributed by atoms with Gasteiger partial charge in [0.05, 0.1) is 12.0 Å². The number of carbonyl (C=O) groups is 2. The van der Waals surface area contributed by atoms with Crippen LogP contribution in [0.15, 0.2) is 34.3 Å². The molecule has 10 heteroatoms. The van der Waals surface area contributed by atoms with Crippen LogP contribution in [0.2, 0.25) is 0 Å². The number of amides is 2. The lowest BCUT2D eigenvalue weighted by atomic mass is 10.1. The summed E-state index contributed by atoms with van der Waals surface area (Å²) >= 11 is 0. The van der Waals surface area contributed by atoms with Gasteiger partial charge in [-0.25, -0.2) is 13.4 Å². The molecule has 2 amide bonds. The van der Waals surface area contributed by atoms with Crippen LogP contribution in [0.4, 0.5) is 5.69 Å². The number of hydrazone groups is 1. The summed E-state index contributed by atoms with van der Waals surface area (Å²) in [6.45, 7) is 0. The number of benzene rings is 1. The first-order valence-electron chi connectivity index (χ1n) is 7.04. The first-order chi connectivity index (χ1) is 11.3. The zero-order valence-electron chi connectivity index (χ0n) is 13.5. The maximum atomic E-state index is 12.1. The zero-order chi connectivity index (χ0) is 17.9. The van der Waals surface area contributed by atoms with E-state index in [0.717, 1.165) is 9.48 Å². The molecule has 24 heavy (non-hydrogen) atoms. The lowest BCUT2D eigenvalue weighted by Crippen LogP contribution is -2.34. The van der Waals surface area contributed by atoms with Crippen molar-refractivity contribution >= 4 is 33.2 Å². The Morgan fingerprint density at radius 1 is 1.29 bits per heavy atom. The van der Waals surface area contributed by atoms with E-state index in [2.05, 4.69) is 15.3 Å². The van der Waals surface area contributed by atoms with E-state index in [1.165, 1.54) is 45.5 Å². The number of hydrogen-bond acceptors (Lipinski definition) is 6. The Labute approximate surface area is 139 Å². The third kappa shape index (κ3) is 3.78. The maximum Gasteiger partial charge on any atom is 0.271 e. The van der Waals surface area contributed by atoms with Crippen LogP contribution in [0.25, 0.3) is 0 Å². The highest BCUT2D eigenvalue weighted by Gasteiger charge is 2.23. The van der Waals surface area contributed by atoms with Gasteiger partial charge in [0.1, 0.15) is 5.71 Å². The molecule has 0 saturated heterocycles. The van der Waals surface area contributed by atoms with Crippen LogP contribution >= 0.6 is 0 Å². The molecule has 1 aromatic rings. The Hall–Kier alpha value is -2.30. The molecule has 1 N–H and O–H groups in total. The summed E-state index contributed by atoms with van der Waals surface area (Å²) in [6.07, 6.45) is 0.489. The largest absolute Gasteiger partial charge is 0.321 e. The van der Waals surface area contributed by atoms with Gasteiger partial charge in [-0.15, -0.1) is 0 Å². The third-order valence-corrected chi connectivity index (χ3v) is 5.17. The minimum absolute atomic E-state index is 0.0326. The van der Waals surface area contributed by atoms with E-state index in [0.29, 0.717) is 5.69 Å². The zero-order valence-corrected chi connectivity index (χ0v) is 14.3. The summed E-state index contributed by atoms with van der Waals surface area (Å²) in [7, 11) is 0.280. The molecule has 1 aliphatic heterocycles. The molecule has 9 nitrogen and oxygen atoms in total. The second-order valence-electron chi connectivity index (χ2n) is 5.04. The molecule has 0 atom stereocenters. The molecule has 130 valence electrons. The molecule has 0 saturated carbocycles. The number of carbonyl (C=O) groups excluding carboxylic acids is 2. The van der Waals surface area contributed by atoms with Gasteiger partial charge in [-0.3, -0.25) is 14.4 Å². The number of rotatable bonds is 5. The van der Waals surface area contributed by atoms with Gasteiger partial charge in [0, 0.05) is 32.6 Å². The highest BCUT2D eigenvalue weighted by Crippen LogP contribution is 2.18. The molecule has 2 rings (SSSR count). The van der Waals surface area contributed by atoms with E-state index in [-0.39, 0.29) is 29.4 Å². The lowest BCUT2D eigenvalue weighted by molar-refractivity contribution is -0.130. The number of hydrogen-bond donors (Lipinski definition) is 1. The highest BCUT2D eigenvalue weighted by molar-refractivity contribution is 7.89. The van der Waals surface area contributed by atoms with Gasteiger partial charge in [0.15, 0.2) is 0 Å². The molecule has 0 bridgehead atoms. The fourth-order valence-electron chi connectivity index (χ4n) is 1.99. The molecule has 0 radical (unpaired) electrons. The average molecular weight is 354 g/mol. The summed E-state index contributed by atoms with van der Waals surface area (Å²) in [5.74, 6) is -0.581. The van der Waals surface area contributed by atoms with Gasteiger partial charge in [-0.05, 0) is 24.3 Å². The highest BCUT2D eigenvalue weighted by atomic mass is 32.2. The number of hydroxylamine groups is 1. The minimum Gasteiger partial charge on any atom is -0.321 e. The van der Waals surface area contributed by atoms with Crippen LogP contribution < -0.4 is 5.32 Å². The van der Waals surface area contributed by atoms with Crippen molar-refractivity contribution in [3.63, 3.8) is 0 Å². The van der Waals surface area contributed by atoms with E-state index >= 15 is 0 Å². The topological polar surface area (TPSA) is 108 Å². The van der Waals surface area contributed by atoms with E-state index < -0.39 is 15.9 Å². The van der Waals surface area contributed by atoms with Crippen LogP contribution in [0.1, 0.15) is 12.8 Å². The second-order valence-corrected chi connectivity index (χ2v) is 6.98. The Bertz CT molecular complexity index is 773. The molecule has 1 heterocycles. The SMILES string of the molecule is CON(C)S(=O)(=O)c1ccc(NC(=O)C2=NN(C)C(=O)CC2)cc1. The molecule has 0 aromatic heterocycles. The fraction of sp³-hybridized carbons (Fsp3) is 0.357. The maximum absolute atomic E-state index is 12.1. The molecular weight excluding hydrogens is 336 g/mol. The second kappa shape index (κ2) is 7.07. The average Bonchev–Trinajstić information content (AvgIpc) is 2.56. The van der Waals surface area contributed by atoms with E-state index in [1.54, 1.807) is 0 Å². The molecule has 0 unspecified atom stereocenters. The van der Waals surface area contributed by atoms with Crippen molar-refractivity contribution in [1.82, 2.24) is 9.48 Å². The van der Waals surface area contributed by atoms with Crippen molar-refractivity contribution in [3.05, 3.63) is 24.3 Å². The summed E-state index contributed by atoms with van der Waals surface area (Å²) in [6, 6.07) is 5.65. The van der Waals surface area contributed by atoms with Gasteiger partial charge in [-0.2, -0.15) is 5.10 Å². The van der Waals surface area contributed by atoms with Crippen LogP contribution in [0.5, 0.6) is 0 Å². The van der Waals surface area contributed by atoms with E-state index in [4.69, 9.17) is 0 Å². The Morgan fingerprint density at radius 3 is 2.46 bits per heavy atom. The molecule has 0 fully saturated rings. The first kappa shape index (κ1) is 18.0. The van der Waals surface area contributed by atoms with Crippen LogP contribution in [0.3, 0.4) is 0 Å². The van der Waals surface area contributed by atoms with Crippen molar-refractivity contribution in [1.29, 1.82) is 0 Å². The summed E-state index contributed by atoms with van der Waals surface area (Å²) < 4.78 is 24.9. The van der Waals surface area contributed by atoms with Crippen molar-refractivity contribution in [2.45, 2.75) is 17.7 Å². The molecular formula is C14H18N4O5S. The van der Waals surface area contributed by atoms with Gasteiger partial charge in [-0.1, -0.05) is 4.47 Å². The van der Waals surface area contributed by atoms with Crippen molar-refractivity contribution in [3.8, 4) is 0 Å². The number of nitrogens with one attached hydrogen (secondary N) is 1. The van der Waals surface area contributed by atoms with Crippen molar-refractivity contribution in [2.75, 3.05) is 26.5 Å². The lowest BCUT2D eigenvalue weighted by Gasteiger charge is -2.19. The summed E-state index contributed by atoms with van der Waals surface area (Å²) in [5, 5.41) is 7.67. The van der Waals surface area contributed by atoms with Gasteiger partial charge >= 0.3 is 0 Å². The normalized spacial score (nSPS) is 15.4.